The number of anilines is 2. The summed E-state index contributed by atoms with van der Waals surface area (Å²) in [6.07, 6.45) is 0.964. The monoisotopic (exact) mass is 282 g/mol. The molecule has 0 saturated heterocycles. The number of nitrogen functional groups attached to an aromatic ring is 1. The maximum Gasteiger partial charge on any atom is 0.239 e. The van der Waals surface area contributed by atoms with Crippen LogP contribution in [-0.2, 0) is 15.6 Å². The van der Waals surface area contributed by atoms with Gasteiger partial charge in [-0.05, 0) is 25.0 Å². The Morgan fingerprint density at radius 1 is 1.37 bits per heavy atom. The highest BCUT2D eigenvalue weighted by atomic mass is 32.2. The number of amides is 1. The SMILES string of the molecule is CCC(C)CS(=O)C(C)C(=O)Nc1ccccc1N. The average molecular weight is 282 g/mol. The number of hydrogen-bond donors (Lipinski definition) is 2. The van der Waals surface area contributed by atoms with Gasteiger partial charge >= 0.3 is 0 Å². The van der Waals surface area contributed by atoms with Crippen LogP contribution in [0.3, 0.4) is 0 Å². The van der Waals surface area contributed by atoms with Gasteiger partial charge in [0.1, 0.15) is 5.25 Å². The van der Waals surface area contributed by atoms with Gasteiger partial charge in [0.05, 0.1) is 11.4 Å². The van der Waals surface area contributed by atoms with Crippen LogP contribution in [0.2, 0.25) is 0 Å². The Kier molecular flexibility index (Phi) is 6.02. The Morgan fingerprint density at radius 2 is 2.00 bits per heavy atom. The van der Waals surface area contributed by atoms with Gasteiger partial charge in [-0.2, -0.15) is 0 Å². The number of para-hydroxylation sites is 2. The normalized spacial score (nSPS) is 15.5. The zero-order chi connectivity index (χ0) is 14.4. The molecule has 3 atom stereocenters. The molecule has 1 rings (SSSR count). The van der Waals surface area contributed by atoms with Gasteiger partial charge < -0.3 is 11.1 Å². The van der Waals surface area contributed by atoms with Crippen molar-refractivity contribution in [2.75, 3.05) is 16.8 Å². The van der Waals surface area contributed by atoms with E-state index in [-0.39, 0.29) is 5.91 Å². The molecule has 1 aromatic rings. The van der Waals surface area contributed by atoms with Crippen LogP contribution in [0, 0.1) is 5.92 Å². The number of carbonyl (C=O) groups is 1. The van der Waals surface area contributed by atoms with Crippen LogP contribution in [0.25, 0.3) is 0 Å². The van der Waals surface area contributed by atoms with E-state index in [9.17, 15) is 9.00 Å². The molecule has 0 aliphatic rings. The number of carbonyl (C=O) groups excluding carboxylic acids is 1. The summed E-state index contributed by atoms with van der Waals surface area (Å²) < 4.78 is 12.0. The second-order valence-corrected chi connectivity index (χ2v) is 6.58. The van der Waals surface area contributed by atoms with Crippen molar-refractivity contribution in [2.24, 2.45) is 5.92 Å². The standard InChI is InChI=1S/C14H22N2O2S/c1-4-10(2)9-19(18)11(3)14(17)16-13-8-6-5-7-12(13)15/h5-8,10-11H,4,9,15H2,1-3H3,(H,16,17). The summed E-state index contributed by atoms with van der Waals surface area (Å²) >= 11 is 0. The van der Waals surface area contributed by atoms with Gasteiger partial charge in [0.25, 0.3) is 0 Å². The van der Waals surface area contributed by atoms with Crippen LogP contribution < -0.4 is 11.1 Å². The Hall–Kier alpha value is -1.36. The fraction of sp³-hybridized carbons (Fsp3) is 0.500. The van der Waals surface area contributed by atoms with Crippen LogP contribution in [0.4, 0.5) is 11.4 Å². The molecule has 0 fully saturated rings. The van der Waals surface area contributed by atoms with Gasteiger partial charge in [-0.15, -0.1) is 0 Å². The van der Waals surface area contributed by atoms with Crippen LogP contribution in [0.1, 0.15) is 27.2 Å². The summed E-state index contributed by atoms with van der Waals surface area (Å²) in [7, 11) is -1.16. The highest BCUT2D eigenvalue weighted by Crippen LogP contribution is 2.17. The van der Waals surface area contributed by atoms with Crippen LogP contribution in [0.5, 0.6) is 0 Å². The Bertz CT molecular complexity index is 463. The fourth-order valence-electron chi connectivity index (χ4n) is 1.51. The van der Waals surface area contributed by atoms with E-state index in [1.165, 1.54) is 0 Å². The first-order valence-electron chi connectivity index (χ1n) is 6.48. The summed E-state index contributed by atoms with van der Waals surface area (Å²) in [5, 5.41) is 2.19. The van der Waals surface area contributed by atoms with Gasteiger partial charge in [-0.3, -0.25) is 9.00 Å². The third-order valence-electron chi connectivity index (χ3n) is 3.13. The third-order valence-corrected chi connectivity index (χ3v) is 5.03. The van der Waals surface area contributed by atoms with E-state index in [0.29, 0.717) is 23.0 Å². The number of hydrogen-bond acceptors (Lipinski definition) is 3. The molecule has 4 nitrogen and oxygen atoms in total. The molecule has 19 heavy (non-hydrogen) atoms. The van der Waals surface area contributed by atoms with Crippen LogP contribution >= 0.6 is 0 Å². The predicted molar refractivity (Wildman–Crippen MR) is 81.4 cm³/mol. The van der Waals surface area contributed by atoms with E-state index < -0.39 is 16.0 Å². The first-order valence-corrected chi connectivity index (χ1v) is 7.86. The molecule has 106 valence electrons. The molecule has 0 bridgehead atoms. The first kappa shape index (κ1) is 15.7. The Balaban J connectivity index is 2.63. The Morgan fingerprint density at radius 3 is 2.58 bits per heavy atom. The number of rotatable bonds is 6. The average Bonchev–Trinajstić information content (AvgIpc) is 2.40. The largest absolute Gasteiger partial charge is 0.397 e. The van der Waals surface area contributed by atoms with E-state index in [0.717, 1.165) is 6.42 Å². The number of nitrogens with two attached hydrogens (primary N) is 1. The van der Waals surface area contributed by atoms with Crippen molar-refractivity contribution in [1.29, 1.82) is 0 Å². The van der Waals surface area contributed by atoms with Gasteiger partial charge in [0.15, 0.2) is 0 Å². The van der Waals surface area contributed by atoms with E-state index in [2.05, 4.69) is 12.2 Å². The minimum Gasteiger partial charge on any atom is -0.397 e. The quantitative estimate of drug-likeness (QED) is 0.787. The van der Waals surface area contributed by atoms with Crippen molar-refractivity contribution in [3.8, 4) is 0 Å². The van der Waals surface area contributed by atoms with Crippen molar-refractivity contribution in [1.82, 2.24) is 0 Å². The number of benzene rings is 1. The van der Waals surface area contributed by atoms with E-state index in [4.69, 9.17) is 5.73 Å². The smallest absolute Gasteiger partial charge is 0.239 e. The Labute approximate surface area is 117 Å². The fourth-order valence-corrected chi connectivity index (χ4v) is 2.89. The van der Waals surface area contributed by atoms with Gasteiger partial charge in [-0.25, -0.2) is 0 Å². The summed E-state index contributed by atoms with van der Waals surface area (Å²) in [4.78, 5) is 12.0. The molecule has 0 aromatic heterocycles. The lowest BCUT2D eigenvalue weighted by Gasteiger charge is -2.15. The second-order valence-electron chi connectivity index (χ2n) is 4.78. The highest BCUT2D eigenvalue weighted by Gasteiger charge is 2.21. The van der Waals surface area contributed by atoms with Gasteiger partial charge in [-0.1, -0.05) is 32.4 Å². The molecule has 0 aliphatic carbocycles. The van der Waals surface area contributed by atoms with Gasteiger partial charge in [0.2, 0.25) is 5.91 Å². The van der Waals surface area contributed by atoms with Crippen LogP contribution in [-0.4, -0.2) is 21.1 Å². The molecule has 0 heterocycles. The maximum atomic E-state index is 12.0. The molecule has 0 radical (unpaired) electrons. The minimum atomic E-state index is -1.16. The van der Waals surface area contributed by atoms with Crippen molar-refractivity contribution >= 4 is 28.1 Å². The van der Waals surface area contributed by atoms with E-state index in [1.807, 2.05) is 6.92 Å². The number of nitrogens with one attached hydrogen (secondary N) is 1. The lowest BCUT2D eigenvalue weighted by Crippen LogP contribution is -2.31. The second kappa shape index (κ2) is 7.28. The van der Waals surface area contributed by atoms with Crippen molar-refractivity contribution in [3.05, 3.63) is 24.3 Å². The molecule has 1 aromatic carbocycles. The minimum absolute atomic E-state index is 0.250. The molecule has 0 aliphatic heterocycles. The summed E-state index contributed by atoms with van der Waals surface area (Å²) in [6.45, 7) is 5.78. The molecular weight excluding hydrogens is 260 g/mol. The molecule has 1 amide bonds. The van der Waals surface area contributed by atoms with Crippen molar-refractivity contribution in [2.45, 2.75) is 32.4 Å². The molecule has 3 unspecified atom stereocenters. The molecule has 5 heteroatoms. The predicted octanol–water partition coefficient (Wildman–Crippen LogP) is 2.39. The lowest BCUT2D eigenvalue weighted by molar-refractivity contribution is -0.115. The molecular formula is C14H22N2O2S. The first-order chi connectivity index (χ1) is 8.95. The zero-order valence-corrected chi connectivity index (χ0v) is 12.5. The van der Waals surface area contributed by atoms with Crippen LogP contribution in [0.15, 0.2) is 24.3 Å². The van der Waals surface area contributed by atoms with E-state index in [1.54, 1.807) is 31.2 Å². The molecule has 0 saturated carbocycles. The highest BCUT2D eigenvalue weighted by molar-refractivity contribution is 7.86. The van der Waals surface area contributed by atoms with E-state index >= 15 is 0 Å². The zero-order valence-electron chi connectivity index (χ0n) is 11.7. The summed E-state index contributed by atoms with van der Waals surface area (Å²) in [6, 6.07) is 7.05. The molecule has 0 spiro atoms. The summed E-state index contributed by atoms with van der Waals surface area (Å²) in [5.41, 5.74) is 6.84. The van der Waals surface area contributed by atoms with Crippen molar-refractivity contribution < 1.29 is 9.00 Å². The summed E-state index contributed by atoms with van der Waals surface area (Å²) in [5.74, 6) is 0.660. The van der Waals surface area contributed by atoms with Crippen molar-refractivity contribution in [3.63, 3.8) is 0 Å². The maximum absolute atomic E-state index is 12.0. The third kappa shape index (κ3) is 4.67. The lowest BCUT2D eigenvalue weighted by atomic mass is 10.2. The molecule has 3 N–H and O–H groups in total. The van der Waals surface area contributed by atoms with Gasteiger partial charge in [0, 0.05) is 16.6 Å². The topological polar surface area (TPSA) is 72.2 Å².